The second-order valence-electron chi connectivity index (χ2n) is 6.15. The lowest BCUT2D eigenvalue weighted by atomic mass is 10.0. The molecular weight excluding hydrogens is 278 g/mol. The zero-order valence-corrected chi connectivity index (χ0v) is 13.4. The summed E-state index contributed by atoms with van der Waals surface area (Å²) in [7, 11) is 1.76. The molecule has 2 N–H and O–H groups in total. The first-order chi connectivity index (χ1) is 10.4. The maximum atomic E-state index is 12.6. The molecule has 116 valence electrons. The van der Waals surface area contributed by atoms with Crippen molar-refractivity contribution in [2.24, 2.45) is 0 Å². The minimum absolute atomic E-state index is 0.0190. The molecule has 1 aromatic heterocycles. The fourth-order valence-electron chi connectivity index (χ4n) is 3.21. The van der Waals surface area contributed by atoms with Gasteiger partial charge in [0, 0.05) is 24.5 Å². The van der Waals surface area contributed by atoms with Crippen LogP contribution in [0.1, 0.15) is 33.6 Å². The lowest BCUT2D eigenvalue weighted by molar-refractivity contribution is -0.128. The molecule has 1 atom stereocenters. The van der Waals surface area contributed by atoms with E-state index in [4.69, 9.17) is 0 Å². The topological polar surface area (TPSA) is 65.2 Å². The van der Waals surface area contributed by atoms with Crippen molar-refractivity contribution >= 4 is 22.7 Å². The lowest BCUT2D eigenvalue weighted by Gasteiger charge is -2.12. The number of amides is 2. The summed E-state index contributed by atoms with van der Waals surface area (Å²) in [5.74, 6) is -0.226. The third kappa shape index (κ3) is 2.17. The third-order valence-electron chi connectivity index (χ3n) is 4.58. The van der Waals surface area contributed by atoms with E-state index in [1.165, 1.54) is 0 Å². The molecule has 0 bridgehead atoms. The van der Waals surface area contributed by atoms with Crippen LogP contribution in [0, 0.1) is 20.8 Å². The van der Waals surface area contributed by atoms with Crippen LogP contribution in [0.3, 0.4) is 0 Å². The number of nitrogens with zero attached hydrogens (tertiary/aromatic N) is 1. The molecule has 0 unspecified atom stereocenters. The molecule has 5 nitrogen and oxygen atoms in total. The van der Waals surface area contributed by atoms with Gasteiger partial charge in [-0.2, -0.15) is 0 Å². The minimum Gasteiger partial charge on any atom is -0.350 e. The summed E-state index contributed by atoms with van der Waals surface area (Å²) < 4.78 is 0. The number of H-pyrrole nitrogens is 1. The predicted octanol–water partition coefficient (Wildman–Crippen LogP) is 2.05. The standard InChI is InChI=1S/C17H21N3O2/c1-9-5-6-10(2)14-13(9)11(3)15(19-14)16(21)18-12-7-8-20(4)17(12)22/h5-6,12,19H,7-8H2,1-4H3,(H,18,21)/t12-/m0/s1. The molecule has 2 aromatic rings. The van der Waals surface area contributed by atoms with Crippen molar-refractivity contribution in [3.63, 3.8) is 0 Å². The highest BCUT2D eigenvalue weighted by Gasteiger charge is 2.31. The third-order valence-corrected chi connectivity index (χ3v) is 4.58. The Kier molecular flexibility index (Phi) is 3.43. The summed E-state index contributed by atoms with van der Waals surface area (Å²) in [4.78, 5) is 29.4. The maximum absolute atomic E-state index is 12.6. The molecule has 0 saturated carbocycles. The van der Waals surface area contributed by atoms with Crippen LogP contribution in [0.15, 0.2) is 12.1 Å². The van der Waals surface area contributed by atoms with E-state index in [0.717, 1.165) is 27.6 Å². The Labute approximate surface area is 129 Å². The summed E-state index contributed by atoms with van der Waals surface area (Å²) in [6, 6.07) is 3.70. The number of hydrogen-bond donors (Lipinski definition) is 2. The van der Waals surface area contributed by atoms with E-state index in [0.29, 0.717) is 18.7 Å². The van der Waals surface area contributed by atoms with Gasteiger partial charge in [-0.25, -0.2) is 0 Å². The van der Waals surface area contributed by atoms with Crippen LogP contribution in [-0.4, -0.2) is 41.3 Å². The van der Waals surface area contributed by atoms with Crippen molar-refractivity contribution in [3.05, 3.63) is 34.5 Å². The second kappa shape index (κ2) is 5.16. The first-order valence-corrected chi connectivity index (χ1v) is 7.54. The number of nitrogens with one attached hydrogen (secondary N) is 2. The molecule has 0 spiro atoms. The molecule has 1 saturated heterocycles. The SMILES string of the molecule is Cc1ccc(C)c2c(C)c(C(=O)N[C@H]3CCN(C)C3=O)[nH]c12. The molecule has 1 aliphatic rings. The Morgan fingerprint density at radius 1 is 1.27 bits per heavy atom. The molecule has 0 radical (unpaired) electrons. The van der Waals surface area contributed by atoms with E-state index in [-0.39, 0.29) is 11.8 Å². The van der Waals surface area contributed by atoms with Crippen molar-refractivity contribution in [3.8, 4) is 0 Å². The number of carbonyl (C=O) groups is 2. The summed E-state index contributed by atoms with van der Waals surface area (Å²) >= 11 is 0. The number of rotatable bonds is 2. The van der Waals surface area contributed by atoms with Crippen LogP contribution >= 0.6 is 0 Å². The molecule has 1 aromatic carbocycles. The highest BCUT2D eigenvalue weighted by atomic mass is 16.2. The van der Waals surface area contributed by atoms with Gasteiger partial charge in [0.25, 0.3) is 5.91 Å². The van der Waals surface area contributed by atoms with Gasteiger partial charge >= 0.3 is 0 Å². The van der Waals surface area contributed by atoms with Gasteiger partial charge in [0.2, 0.25) is 5.91 Å². The van der Waals surface area contributed by atoms with Crippen LogP contribution in [0.5, 0.6) is 0 Å². The van der Waals surface area contributed by atoms with Crippen LogP contribution in [0.25, 0.3) is 10.9 Å². The smallest absolute Gasteiger partial charge is 0.268 e. The number of aromatic nitrogens is 1. The highest BCUT2D eigenvalue weighted by Crippen LogP contribution is 2.27. The number of likely N-dealkylation sites (N-methyl/N-ethyl adjacent to an activating group) is 1. The van der Waals surface area contributed by atoms with E-state index < -0.39 is 6.04 Å². The monoisotopic (exact) mass is 299 g/mol. The fourth-order valence-corrected chi connectivity index (χ4v) is 3.21. The van der Waals surface area contributed by atoms with Crippen LogP contribution in [0.2, 0.25) is 0 Å². The second-order valence-corrected chi connectivity index (χ2v) is 6.15. The van der Waals surface area contributed by atoms with E-state index in [1.54, 1.807) is 11.9 Å². The number of aryl methyl sites for hydroxylation is 3. The van der Waals surface area contributed by atoms with E-state index >= 15 is 0 Å². The number of hydrogen-bond acceptors (Lipinski definition) is 2. The molecule has 0 aliphatic carbocycles. The number of benzene rings is 1. The van der Waals surface area contributed by atoms with Gasteiger partial charge in [-0.15, -0.1) is 0 Å². The molecule has 5 heteroatoms. The molecular formula is C17H21N3O2. The van der Waals surface area contributed by atoms with Crippen LogP contribution < -0.4 is 5.32 Å². The fraction of sp³-hybridized carbons (Fsp3) is 0.412. The van der Waals surface area contributed by atoms with Crippen molar-refractivity contribution in [2.45, 2.75) is 33.2 Å². The maximum Gasteiger partial charge on any atom is 0.268 e. The predicted molar refractivity (Wildman–Crippen MR) is 86.0 cm³/mol. The van der Waals surface area contributed by atoms with Crippen LogP contribution in [-0.2, 0) is 4.79 Å². The van der Waals surface area contributed by atoms with Gasteiger partial charge in [-0.3, -0.25) is 9.59 Å². The first-order valence-electron chi connectivity index (χ1n) is 7.54. The van der Waals surface area contributed by atoms with Crippen molar-refractivity contribution in [1.29, 1.82) is 0 Å². The van der Waals surface area contributed by atoms with Crippen molar-refractivity contribution in [2.75, 3.05) is 13.6 Å². The van der Waals surface area contributed by atoms with Crippen LogP contribution in [0.4, 0.5) is 0 Å². The molecule has 2 amide bonds. The van der Waals surface area contributed by atoms with E-state index in [2.05, 4.69) is 16.4 Å². The number of fused-ring (bicyclic) bond motifs is 1. The van der Waals surface area contributed by atoms with Gasteiger partial charge in [0.05, 0.1) is 0 Å². The molecule has 22 heavy (non-hydrogen) atoms. The average molecular weight is 299 g/mol. The zero-order chi connectivity index (χ0) is 16.0. The number of likely N-dealkylation sites (tertiary alicyclic amines) is 1. The Hall–Kier alpha value is -2.30. The molecule has 1 aliphatic heterocycles. The van der Waals surface area contributed by atoms with E-state index in [9.17, 15) is 9.59 Å². The lowest BCUT2D eigenvalue weighted by Crippen LogP contribution is -2.40. The van der Waals surface area contributed by atoms with Gasteiger partial charge in [-0.05, 0) is 43.9 Å². The van der Waals surface area contributed by atoms with Gasteiger partial charge in [-0.1, -0.05) is 12.1 Å². The summed E-state index contributed by atoms with van der Waals surface area (Å²) in [6.07, 6.45) is 0.665. The average Bonchev–Trinajstić information content (AvgIpc) is 2.99. The summed E-state index contributed by atoms with van der Waals surface area (Å²) in [5.41, 5.74) is 4.74. The Bertz CT molecular complexity index is 776. The Balaban J connectivity index is 1.95. The molecule has 1 fully saturated rings. The largest absolute Gasteiger partial charge is 0.350 e. The summed E-state index contributed by atoms with van der Waals surface area (Å²) in [5, 5.41) is 3.95. The van der Waals surface area contributed by atoms with Crippen molar-refractivity contribution in [1.82, 2.24) is 15.2 Å². The van der Waals surface area contributed by atoms with Gasteiger partial charge < -0.3 is 15.2 Å². The zero-order valence-electron chi connectivity index (χ0n) is 13.4. The Morgan fingerprint density at radius 3 is 2.55 bits per heavy atom. The molecule has 2 heterocycles. The van der Waals surface area contributed by atoms with E-state index in [1.807, 2.05) is 26.8 Å². The quantitative estimate of drug-likeness (QED) is 0.891. The summed E-state index contributed by atoms with van der Waals surface area (Å²) in [6.45, 7) is 6.70. The molecule has 3 rings (SSSR count). The van der Waals surface area contributed by atoms with Gasteiger partial charge in [0.15, 0.2) is 0 Å². The van der Waals surface area contributed by atoms with Gasteiger partial charge in [0.1, 0.15) is 11.7 Å². The number of aromatic amines is 1. The number of carbonyl (C=O) groups excluding carboxylic acids is 2. The van der Waals surface area contributed by atoms with Crippen molar-refractivity contribution < 1.29 is 9.59 Å². The first kappa shape index (κ1) is 14.6. The minimum atomic E-state index is -0.412. The normalized spacial score (nSPS) is 18.3. The highest BCUT2D eigenvalue weighted by molar-refractivity contribution is 6.04. The Morgan fingerprint density at radius 2 is 1.95 bits per heavy atom.